The second kappa shape index (κ2) is 8.97. The summed E-state index contributed by atoms with van der Waals surface area (Å²) in [4.78, 5) is 35.0. The van der Waals surface area contributed by atoms with Gasteiger partial charge in [0.05, 0.1) is 18.5 Å². The fraction of sp³-hybridized carbons (Fsp3) is 0.182. The number of ether oxygens (including phenoxy) is 1. The molecule has 148 valence electrons. The zero-order valence-corrected chi connectivity index (χ0v) is 15.8. The van der Waals surface area contributed by atoms with Crippen LogP contribution in [0.5, 0.6) is 0 Å². The topological polar surface area (TPSA) is 98.5 Å². The molecule has 3 aromatic rings. The molecule has 7 nitrogen and oxygen atoms in total. The normalized spacial score (nSPS) is 11.6. The van der Waals surface area contributed by atoms with E-state index in [-0.39, 0.29) is 18.5 Å². The predicted octanol–water partition coefficient (Wildman–Crippen LogP) is 3.19. The van der Waals surface area contributed by atoms with Crippen LogP contribution in [0.25, 0.3) is 10.8 Å². The number of benzene rings is 3. The first-order valence-electron chi connectivity index (χ1n) is 9.04. The van der Waals surface area contributed by atoms with Gasteiger partial charge in [-0.1, -0.05) is 54.6 Å². The van der Waals surface area contributed by atoms with E-state index in [1.54, 1.807) is 6.07 Å². The molecule has 0 aliphatic carbocycles. The van der Waals surface area contributed by atoms with Crippen molar-refractivity contribution >= 4 is 28.3 Å². The van der Waals surface area contributed by atoms with E-state index < -0.39 is 22.8 Å². The van der Waals surface area contributed by atoms with Gasteiger partial charge in [-0.25, -0.2) is 4.79 Å². The Morgan fingerprint density at radius 1 is 1.00 bits per heavy atom. The lowest BCUT2D eigenvalue weighted by atomic mass is 10.0. The summed E-state index contributed by atoms with van der Waals surface area (Å²) in [6.45, 7) is 0. The maximum Gasteiger partial charge on any atom is 0.328 e. The summed E-state index contributed by atoms with van der Waals surface area (Å²) in [6, 6.07) is 18.7. The largest absolute Gasteiger partial charge is 0.467 e. The van der Waals surface area contributed by atoms with Gasteiger partial charge in [0.25, 0.3) is 5.69 Å². The maximum atomic E-state index is 12.4. The number of esters is 1. The van der Waals surface area contributed by atoms with Gasteiger partial charge >= 0.3 is 5.97 Å². The van der Waals surface area contributed by atoms with Crippen LogP contribution in [-0.2, 0) is 27.2 Å². The highest BCUT2D eigenvalue weighted by Gasteiger charge is 2.22. The van der Waals surface area contributed by atoms with Gasteiger partial charge in [-0.3, -0.25) is 14.9 Å². The number of nitro groups is 1. The lowest BCUT2D eigenvalue weighted by Crippen LogP contribution is -2.43. The first-order valence-corrected chi connectivity index (χ1v) is 9.04. The summed E-state index contributed by atoms with van der Waals surface area (Å²) >= 11 is 0. The van der Waals surface area contributed by atoms with E-state index >= 15 is 0 Å². The molecule has 3 rings (SSSR count). The number of amides is 1. The number of fused-ring (bicyclic) bond motifs is 1. The van der Waals surface area contributed by atoms with E-state index in [1.807, 2.05) is 42.5 Å². The van der Waals surface area contributed by atoms with E-state index in [4.69, 9.17) is 4.74 Å². The average Bonchev–Trinajstić information content (AvgIpc) is 2.72. The third kappa shape index (κ3) is 5.16. The highest BCUT2D eigenvalue weighted by atomic mass is 16.6. The fourth-order valence-corrected chi connectivity index (χ4v) is 3.15. The molecule has 0 fully saturated rings. The number of carbonyl (C=O) groups is 2. The van der Waals surface area contributed by atoms with Gasteiger partial charge in [0, 0.05) is 18.6 Å². The minimum Gasteiger partial charge on any atom is -0.467 e. The third-order valence-corrected chi connectivity index (χ3v) is 4.56. The van der Waals surface area contributed by atoms with Crippen molar-refractivity contribution in [3.8, 4) is 0 Å². The molecule has 7 heteroatoms. The van der Waals surface area contributed by atoms with Crippen molar-refractivity contribution in [2.75, 3.05) is 7.11 Å². The van der Waals surface area contributed by atoms with Crippen molar-refractivity contribution in [2.45, 2.75) is 18.9 Å². The predicted molar refractivity (Wildman–Crippen MR) is 108 cm³/mol. The van der Waals surface area contributed by atoms with Crippen molar-refractivity contribution in [1.82, 2.24) is 5.32 Å². The number of carbonyl (C=O) groups excluding carboxylic acids is 2. The number of non-ortho nitro benzene ring substituents is 1. The van der Waals surface area contributed by atoms with Crippen LogP contribution >= 0.6 is 0 Å². The Bertz CT molecular complexity index is 1060. The van der Waals surface area contributed by atoms with Crippen molar-refractivity contribution in [3.05, 3.63) is 88.0 Å². The second-order valence-corrected chi connectivity index (χ2v) is 6.63. The number of nitrogens with one attached hydrogen (secondary N) is 1. The van der Waals surface area contributed by atoms with Crippen LogP contribution in [0.4, 0.5) is 5.69 Å². The molecule has 0 aliphatic rings. The summed E-state index contributed by atoms with van der Waals surface area (Å²) in [6.07, 6.45) is 0.199. The van der Waals surface area contributed by atoms with E-state index in [1.165, 1.54) is 25.3 Å². The zero-order chi connectivity index (χ0) is 20.8. The van der Waals surface area contributed by atoms with Gasteiger partial charge in [-0.15, -0.1) is 0 Å². The van der Waals surface area contributed by atoms with Crippen LogP contribution in [0.1, 0.15) is 11.1 Å². The minimum absolute atomic E-state index is 0.0765. The first-order chi connectivity index (χ1) is 14.0. The molecule has 0 spiro atoms. The van der Waals surface area contributed by atoms with E-state index in [0.717, 1.165) is 16.3 Å². The number of hydrogen-bond donors (Lipinski definition) is 1. The van der Waals surface area contributed by atoms with Crippen molar-refractivity contribution in [2.24, 2.45) is 0 Å². The monoisotopic (exact) mass is 392 g/mol. The Hall–Kier alpha value is -3.74. The Balaban J connectivity index is 1.72. The quantitative estimate of drug-likeness (QED) is 0.378. The number of rotatable bonds is 7. The molecule has 0 saturated heterocycles. The van der Waals surface area contributed by atoms with Crippen LogP contribution in [0, 0.1) is 10.1 Å². The van der Waals surface area contributed by atoms with Crippen LogP contribution < -0.4 is 5.32 Å². The Kier molecular flexibility index (Phi) is 6.19. The molecule has 0 radical (unpaired) electrons. The number of nitrogens with zero attached hydrogens (tertiary/aromatic N) is 1. The molecule has 0 saturated carbocycles. The Labute approximate surface area is 167 Å². The van der Waals surface area contributed by atoms with Crippen LogP contribution in [0.2, 0.25) is 0 Å². The maximum absolute atomic E-state index is 12.4. The summed E-state index contributed by atoms with van der Waals surface area (Å²) in [5, 5.41) is 15.7. The molecule has 0 aromatic heterocycles. The SMILES string of the molecule is COC(=O)[C@@H](Cc1ccc2ccccc2c1)NC(=O)Cc1cccc([N+](=O)[O-])c1. The van der Waals surface area contributed by atoms with Crippen LogP contribution in [0.3, 0.4) is 0 Å². The average molecular weight is 392 g/mol. The van der Waals surface area contributed by atoms with E-state index in [2.05, 4.69) is 5.32 Å². The summed E-state index contributed by atoms with van der Waals surface area (Å²) in [7, 11) is 1.27. The highest BCUT2D eigenvalue weighted by Crippen LogP contribution is 2.17. The highest BCUT2D eigenvalue weighted by molar-refractivity contribution is 5.86. The van der Waals surface area contributed by atoms with Gasteiger partial charge in [0.1, 0.15) is 6.04 Å². The molecule has 0 bridgehead atoms. The lowest BCUT2D eigenvalue weighted by molar-refractivity contribution is -0.384. The smallest absolute Gasteiger partial charge is 0.328 e. The molecular formula is C22H20N2O5. The van der Waals surface area contributed by atoms with Crippen molar-refractivity contribution in [3.63, 3.8) is 0 Å². The number of hydrogen-bond acceptors (Lipinski definition) is 5. The summed E-state index contributed by atoms with van der Waals surface area (Å²) in [5.74, 6) is -0.966. The molecule has 1 amide bonds. The summed E-state index contributed by atoms with van der Waals surface area (Å²) in [5.41, 5.74) is 1.29. The third-order valence-electron chi connectivity index (χ3n) is 4.56. The van der Waals surface area contributed by atoms with Gasteiger partial charge in [-0.2, -0.15) is 0 Å². The molecule has 3 aromatic carbocycles. The number of nitro benzene ring substituents is 1. The molecule has 29 heavy (non-hydrogen) atoms. The minimum atomic E-state index is -0.854. The molecular weight excluding hydrogens is 372 g/mol. The fourth-order valence-electron chi connectivity index (χ4n) is 3.15. The first kappa shape index (κ1) is 20.0. The summed E-state index contributed by atoms with van der Waals surface area (Å²) < 4.78 is 4.83. The van der Waals surface area contributed by atoms with Crippen molar-refractivity contribution in [1.29, 1.82) is 0 Å². The molecule has 1 N–H and O–H groups in total. The van der Waals surface area contributed by atoms with Crippen LogP contribution in [-0.4, -0.2) is 30.0 Å². The van der Waals surface area contributed by atoms with Gasteiger partial charge in [-0.05, 0) is 21.9 Å². The lowest BCUT2D eigenvalue weighted by Gasteiger charge is -2.17. The molecule has 0 aliphatic heterocycles. The second-order valence-electron chi connectivity index (χ2n) is 6.63. The Morgan fingerprint density at radius 3 is 2.48 bits per heavy atom. The van der Waals surface area contributed by atoms with Gasteiger partial charge in [0.2, 0.25) is 5.91 Å². The Morgan fingerprint density at radius 2 is 1.76 bits per heavy atom. The molecule has 0 heterocycles. The van der Waals surface area contributed by atoms with Gasteiger partial charge < -0.3 is 10.1 Å². The molecule has 0 unspecified atom stereocenters. The van der Waals surface area contributed by atoms with Gasteiger partial charge in [0.15, 0.2) is 0 Å². The molecule has 1 atom stereocenters. The zero-order valence-electron chi connectivity index (χ0n) is 15.8. The van der Waals surface area contributed by atoms with E-state index in [0.29, 0.717) is 5.56 Å². The van der Waals surface area contributed by atoms with Crippen molar-refractivity contribution < 1.29 is 19.2 Å². The standard InChI is InChI=1S/C22H20N2O5/c1-29-22(26)20(13-16-9-10-17-6-2-3-7-18(17)11-16)23-21(25)14-15-5-4-8-19(12-15)24(27)28/h2-12,20H,13-14H2,1H3,(H,23,25)/t20-/m1/s1. The number of methoxy groups -OCH3 is 1. The van der Waals surface area contributed by atoms with Crippen LogP contribution in [0.15, 0.2) is 66.7 Å². The van der Waals surface area contributed by atoms with E-state index in [9.17, 15) is 19.7 Å².